The first kappa shape index (κ1) is 11.6. The first-order valence-electron chi connectivity index (χ1n) is 4.25. The van der Waals surface area contributed by atoms with Crippen molar-refractivity contribution in [2.45, 2.75) is 19.4 Å². The van der Waals surface area contributed by atoms with Crippen LogP contribution in [0.5, 0.6) is 0 Å². The number of aliphatic carboxylic acids is 1. The summed E-state index contributed by atoms with van der Waals surface area (Å²) in [4.78, 5) is 21.7. The molecule has 1 aromatic rings. The van der Waals surface area contributed by atoms with E-state index in [9.17, 15) is 9.59 Å². The summed E-state index contributed by atoms with van der Waals surface area (Å²) in [5.74, 6) is -1.38. The van der Waals surface area contributed by atoms with Crippen LogP contribution in [0.1, 0.15) is 23.9 Å². The highest BCUT2D eigenvalue weighted by molar-refractivity contribution is 6.30. The Labute approximate surface area is 91.0 Å². The van der Waals surface area contributed by atoms with Gasteiger partial charge in [0.2, 0.25) is 0 Å². The first-order valence-corrected chi connectivity index (χ1v) is 4.63. The minimum atomic E-state index is -0.972. The second kappa shape index (κ2) is 4.84. The van der Waals surface area contributed by atoms with Crippen LogP contribution >= 0.6 is 11.6 Å². The third-order valence-electron chi connectivity index (χ3n) is 1.65. The van der Waals surface area contributed by atoms with Gasteiger partial charge in [0.1, 0.15) is 6.26 Å². The highest BCUT2D eigenvalue weighted by Gasteiger charge is 2.15. The Balaban J connectivity index is 2.52. The molecule has 0 aliphatic heterocycles. The molecule has 0 aliphatic carbocycles. The summed E-state index contributed by atoms with van der Waals surface area (Å²) in [5.41, 5.74) is 0. The van der Waals surface area contributed by atoms with Crippen molar-refractivity contribution < 1.29 is 19.1 Å². The fourth-order valence-corrected chi connectivity index (χ4v) is 1.18. The first-order chi connectivity index (χ1) is 6.99. The van der Waals surface area contributed by atoms with E-state index in [1.54, 1.807) is 6.92 Å². The van der Waals surface area contributed by atoms with Gasteiger partial charge in [0.05, 0.1) is 11.4 Å². The van der Waals surface area contributed by atoms with Crippen molar-refractivity contribution >= 4 is 23.5 Å². The van der Waals surface area contributed by atoms with Gasteiger partial charge < -0.3 is 14.8 Å². The monoisotopic (exact) mass is 231 g/mol. The molecule has 0 saturated carbocycles. The number of carboxylic acids is 1. The van der Waals surface area contributed by atoms with E-state index in [4.69, 9.17) is 21.1 Å². The van der Waals surface area contributed by atoms with Crippen LogP contribution in [-0.2, 0) is 4.79 Å². The second-order valence-corrected chi connectivity index (χ2v) is 3.54. The van der Waals surface area contributed by atoms with Crippen LogP contribution in [0.15, 0.2) is 16.7 Å². The van der Waals surface area contributed by atoms with Crippen molar-refractivity contribution in [3.63, 3.8) is 0 Å². The number of nitrogens with one attached hydrogen (secondary N) is 1. The lowest BCUT2D eigenvalue weighted by atomic mass is 10.2. The van der Waals surface area contributed by atoms with Crippen molar-refractivity contribution in [2.75, 3.05) is 0 Å². The van der Waals surface area contributed by atoms with Crippen molar-refractivity contribution in [1.82, 2.24) is 5.32 Å². The molecule has 5 nitrogen and oxygen atoms in total. The van der Waals surface area contributed by atoms with Gasteiger partial charge in [0.15, 0.2) is 5.76 Å². The molecule has 1 atom stereocenters. The van der Waals surface area contributed by atoms with Gasteiger partial charge in [0, 0.05) is 12.1 Å². The number of carboxylic acid groups (broad SMARTS) is 1. The highest BCUT2D eigenvalue weighted by Crippen LogP contribution is 2.13. The number of hydrogen-bond acceptors (Lipinski definition) is 3. The fraction of sp³-hybridized carbons (Fsp3) is 0.333. The maximum atomic E-state index is 11.4. The molecule has 0 fully saturated rings. The molecular weight excluding hydrogens is 222 g/mol. The maximum Gasteiger partial charge on any atom is 0.305 e. The average Bonchev–Trinajstić information content (AvgIpc) is 2.49. The molecule has 0 aromatic carbocycles. The van der Waals surface area contributed by atoms with Crippen LogP contribution in [0.25, 0.3) is 0 Å². The topological polar surface area (TPSA) is 79.5 Å². The lowest BCUT2D eigenvalue weighted by Crippen LogP contribution is -2.33. The Hall–Kier alpha value is -1.49. The number of hydrogen-bond donors (Lipinski definition) is 2. The number of halogens is 1. The van der Waals surface area contributed by atoms with Crippen molar-refractivity contribution in [3.8, 4) is 0 Å². The summed E-state index contributed by atoms with van der Waals surface area (Å²) in [7, 11) is 0. The predicted octanol–water partition coefficient (Wildman–Crippen LogP) is 1.53. The molecule has 1 aromatic heterocycles. The Bertz CT molecular complexity index is 374. The summed E-state index contributed by atoms with van der Waals surface area (Å²) >= 11 is 5.56. The van der Waals surface area contributed by atoms with Gasteiger partial charge in [-0.1, -0.05) is 11.6 Å². The minimum absolute atomic E-state index is 0.0669. The van der Waals surface area contributed by atoms with Crippen LogP contribution in [0.4, 0.5) is 0 Å². The molecule has 0 bridgehead atoms. The average molecular weight is 232 g/mol. The predicted molar refractivity (Wildman–Crippen MR) is 52.9 cm³/mol. The van der Waals surface area contributed by atoms with Gasteiger partial charge in [-0.25, -0.2) is 0 Å². The standard InChI is InChI=1S/C9H10ClNO4/c1-5(2-8(12)13)11-9(14)7-3-6(10)4-15-7/h3-5H,2H2,1H3,(H,11,14)(H,12,13). The maximum absolute atomic E-state index is 11.4. The van der Waals surface area contributed by atoms with E-state index in [2.05, 4.69) is 5.32 Å². The molecule has 1 unspecified atom stereocenters. The second-order valence-electron chi connectivity index (χ2n) is 3.10. The number of carbonyl (C=O) groups is 2. The van der Waals surface area contributed by atoms with Crippen LogP contribution in [0.3, 0.4) is 0 Å². The molecule has 1 amide bonds. The van der Waals surface area contributed by atoms with E-state index in [1.165, 1.54) is 12.3 Å². The minimum Gasteiger partial charge on any atom is -0.481 e. The fourth-order valence-electron chi connectivity index (χ4n) is 1.04. The Kier molecular flexibility index (Phi) is 3.74. The van der Waals surface area contributed by atoms with E-state index in [0.29, 0.717) is 5.02 Å². The number of rotatable bonds is 4. The normalized spacial score (nSPS) is 12.1. The summed E-state index contributed by atoms with van der Waals surface area (Å²) < 4.78 is 4.84. The SMILES string of the molecule is CC(CC(=O)O)NC(=O)c1cc(Cl)co1. The Morgan fingerprint density at radius 2 is 2.33 bits per heavy atom. The Morgan fingerprint density at radius 3 is 2.80 bits per heavy atom. The number of furan rings is 1. The molecule has 1 heterocycles. The van der Waals surface area contributed by atoms with Crippen LogP contribution in [-0.4, -0.2) is 23.0 Å². The lowest BCUT2D eigenvalue weighted by Gasteiger charge is -2.09. The zero-order valence-corrected chi connectivity index (χ0v) is 8.75. The van der Waals surface area contributed by atoms with Gasteiger partial charge in [-0.3, -0.25) is 9.59 Å². The van der Waals surface area contributed by atoms with Crippen LogP contribution in [0, 0.1) is 0 Å². The molecule has 0 radical (unpaired) electrons. The van der Waals surface area contributed by atoms with Crippen molar-refractivity contribution in [3.05, 3.63) is 23.1 Å². The largest absolute Gasteiger partial charge is 0.481 e. The smallest absolute Gasteiger partial charge is 0.305 e. The molecule has 0 spiro atoms. The van der Waals surface area contributed by atoms with Crippen LogP contribution in [0.2, 0.25) is 5.02 Å². The molecule has 82 valence electrons. The Morgan fingerprint density at radius 1 is 1.67 bits per heavy atom. The number of amides is 1. The van der Waals surface area contributed by atoms with E-state index < -0.39 is 17.9 Å². The number of carbonyl (C=O) groups excluding carboxylic acids is 1. The third-order valence-corrected chi connectivity index (χ3v) is 1.85. The molecule has 2 N–H and O–H groups in total. The van der Waals surface area contributed by atoms with Gasteiger partial charge in [-0.2, -0.15) is 0 Å². The molecule has 15 heavy (non-hydrogen) atoms. The lowest BCUT2D eigenvalue weighted by molar-refractivity contribution is -0.137. The van der Waals surface area contributed by atoms with E-state index >= 15 is 0 Å². The van der Waals surface area contributed by atoms with E-state index in [-0.39, 0.29) is 12.2 Å². The van der Waals surface area contributed by atoms with Gasteiger partial charge in [-0.15, -0.1) is 0 Å². The molecule has 6 heteroatoms. The summed E-state index contributed by atoms with van der Waals surface area (Å²) in [6, 6.07) is 0.906. The third kappa shape index (κ3) is 3.63. The molecule has 1 rings (SSSR count). The van der Waals surface area contributed by atoms with Gasteiger partial charge in [-0.05, 0) is 6.92 Å². The quantitative estimate of drug-likeness (QED) is 0.824. The van der Waals surface area contributed by atoms with Gasteiger partial charge >= 0.3 is 5.97 Å². The summed E-state index contributed by atoms with van der Waals surface area (Å²) in [6.07, 6.45) is 1.10. The zero-order valence-electron chi connectivity index (χ0n) is 7.99. The molecule has 0 saturated heterocycles. The van der Waals surface area contributed by atoms with E-state index in [0.717, 1.165) is 0 Å². The summed E-state index contributed by atoms with van der Waals surface area (Å²) in [6.45, 7) is 1.59. The highest BCUT2D eigenvalue weighted by atomic mass is 35.5. The van der Waals surface area contributed by atoms with Crippen LogP contribution < -0.4 is 5.32 Å². The molecule has 0 aliphatic rings. The van der Waals surface area contributed by atoms with Crippen molar-refractivity contribution in [2.24, 2.45) is 0 Å². The van der Waals surface area contributed by atoms with Gasteiger partial charge in [0.25, 0.3) is 5.91 Å². The zero-order chi connectivity index (χ0) is 11.4. The van der Waals surface area contributed by atoms with Crippen molar-refractivity contribution in [1.29, 1.82) is 0 Å². The van der Waals surface area contributed by atoms with E-state index in [1.807, 2.05) is 0 Å². The summed E-state index contributed by atoms with van der Waals surface area (Å²) in [5, 5.41) is 11.3. The molecular formula is C9H10ClNO4.